The molecule has 2 N–H and O–H groups in total. The van der Waals surface area contributed by atoms with E-state index in [1.165, 1.54) is 6.08 Å². The third-order valence-electron chi connectivity index (χ3n) is 2.85. The van der Waals surface area contributed by atoms with E-state index in [-0.39, 0.29) is 5.92 Å². The van der Waals surface area contributed by atoms with Crippen molar-refractivity contribution in [3.05, 3.63) is 35.9 Å². The molecule has 1 unspecified atom stereocenters. The van der Waals surface area contributed by atoms with Gasteiger partial charge in [0.15, 0.2) is 0 Å². The average Bonchev–Trinajstić information content (AvgIpc) is 2.43. The Labute approximate surface area is 124 Å². The molecule has 114 valence electrons. The molecule has 0 aliphatic heterocycles. The number of carboxylic acids is 1. The second-order valence-corrected chi connectivity index (χ2v) is 4.90. The molecule has 0 aliphatic carbocycles. The van der Waals surface area contributed by atoms with Gasteiger partial charge in [-0.3, -0.25) is 4.79 Å². The summed E-state index contributed by atoms with van der Waals surface area (Å²) in [4.78, 5) is 22.7. The largest absolute Gasteiger partial charge is 0.494 e. The highest BCUT2D eigenvalue weighted by atomic mass is 16.5. The van der Waals surface area contributed by atoms with Crippen LogP contribution >= 0.6 is 0 Å². The summed E-state index contributed by atoms with van der Waals surface area (Å²) in [6, 6.07) is 6.39. The van der Waals surface area contributed by atoms with Crippen LogP contribution in [0.1, 0.15) is 26.3 Å². The van der Waals surface area contributed by atoms with Crippen LogP contribution in [-0.2, 0) is 9.59 Å². The van der Waals surface area contributed by atoms with Crippen LogP contribution in [0.3, 0.4) is 0 Å². The van der Waals surface area contributed by atoms with Crippen LogP contribution in [0.2, 0.25) is 0 Å². The van der Waals surface area contributed by atoms with Gasteiger partial charge in [-0.1, -0.05) is 26.0 Å². The Morgan fingerprint density at radius 1 is 1.29 bits per heavy atom. The zero-order valence-electron chi connectivity index (χ0n) is 12.5. The third kappa shape index (κ3) is 5.69. The highest BCUT2D eigenvalue weighted by Crippen LogP contribution is 2.13. The molecule has 1 aromatic rings. The van der Waals surface area contributed by atoms with Crippen LogP contribution in [-0.4, -0.2) is 29.6 Å². The summed E-state index contributed by atoms with van der Waals surface area (Å²) in [6.07, 6.45) is 2.96. The summed E-state index contributed by atoms with van der Waals surface area (Å²) in [6.45, 7) is 6.00. The maximum absolute atomic E-state index is 11.7. The van der Waals surface area contributed by atoms with E-state index in [0.717, 1.165) is 11.3 Å². The number of aliphatic carboxylic acids is 1. The average molecular weight is 291 g/mol. The molecule has 5 nitrogen and oxygen atoms in total. The highest BCUT2D eigenvalue weighted by Gasteiger charge is 2.22. The van der Waals surface area contributed by atoms with Crippen molar-refractivity contribution in [2.24, 2.45) is 5.92 Å². The van der Waals surface area contributed by atoms with Crippen molar-refractivity contribution in [1.29, 1.82) is 0 Å². The molecule has 1 atom stereocenters. The van der Waals surface area contributed by atoms with Crippen molar-refractivity contribution >= 4 is 18.0 Å². The van der Waals surface area contributed by atoms with Crippen molar-refractivity contribution in [2.75, 3.05) is 6.61 Å². The molecule has 5 heteroatoms. The summed E-state index contributed by atoms with van der Waals surface area (Å²) in [7, 11) is 0. The van der Waals surface area contributed by atoms with Gasteiger partial charge in [0.2, 0.25) is 5.91 Å². The minimum atomic E-state index is -1.03. The number of ether oxygens (including phenoxy) is 1. The number of carboxylic acid groups (broad SMARTS) is 1. The lowest BCUT2D eigenvalue weighted by Crippen LogP contribution is -2.43. The molecular weight excluding hydrogens is 270 g/mol. The fourth-order valence-corrected chi connectivity index (χ4v) is 1.73. The number of amides is 1. The molecule has 1 aromatic carbocycles. The van der Waals surface area contributed by atoms with Crippen molar-refractivity contribution in [3.63, 3.8) is 0 Å². The van der Waals surface area contributed by atoms with Gasteiger partial charge in [-0.25, -0.2) is 4.79 Å². The smallest absolute Gasteiger partial charge is 0.326 e. The number of hydrogen-bond acceptors (Lipinski definition) is 3. The molecule has 0 saturated carbocycles. The Balaban J connectivity index is 2.62. The molecule has 0 aliphatic rings. The normalized spacial score (nSPS) is 12.4. The summed E-state index contributed by atoms with van der Waals surface area (Å²) >= 11 is 0. The van der Waals surface area contributed by atoms with E-state index in [0.29, 0.717) is 6.61 Å². The fourth-order valence-electron chi connectivity index (χ4n) is 1.73. The second kappa shape index (κ2) is 8.09. The molecule has 1 rings (SSSR count). The lowest BCUT2D eigenvalue weighted by molar-refractivity contribution is -0.142. The van der Waals surface area contributed by atoms with Crippen LogP contribution in [0, 0.1) is 5.92 Å². The molecular formula is C16H21NO4. The quantitative estimate of drug-likeness (QED) is 0.756. The van der Waals surface area contributed by atoms with Gasteiger partial charge in [0.05, 0.1) is 6.61 Å². The van der Waals surface area contributed by atoms with Gasteiger partial charge >= 0.3 is 5.97 Å². The lowest BCUT2D eigenvalue weighted by Gasteiger charge is -2.16. The number of benzene rings is 1. The van der Waals surface area contributed by atoms with Gasteiger partial charge in [-0.2, -0.15) is 0 Å². The van der Waals surface area contributed by atoms with Crippen LogP contribution in [0.5, 0.6) is 5.75 Å². The molecule has 0 saturated heterocycles. The van der Waals surface area contributed by atoms with E-state index in [2.05, 4.69) is 5.32 Å². The first-order valence-electron chi connectivity index (χ1n) is 6.88. The van der Waals surface area contributed by atoms with E-state index < -0.39 is 17.9 Å². The molecule has 0 heterocycles. The van der Waals surface area contributed by atoms with Gasteiger partial charge in [-0.15, -0.1) is 0 Å². The molecule has 0 radical (unpaired) electrons. The monoisotopic (exact) mass is 291 g/mol. The zero-order valence-corrected chi connectivity index (χ0v) is 12.5. The maximum Gasteiger partial charge on any atom is 0.326 e. The van der Waals surface area contributed by atoms with Crippen molar-refractivity contribution in [3.8, 4) is 5.75 Å². The number of nitrogens with one attached hydrogen (secondary N) is 1. The number of carbonyl (C=O) groups excluding carboxylic acids is 1. The van der Waals surface area contributed by atoms with Gasteiger partial charge in [0.1, 0.15) is 11.8 Å². The molecule has 0 spiro atoms. The summed E-state index contributed by atoms with van der Waals surface area (Å²) in [5, 5.41) is 11.5. The van der Waals surface area contributed by atoms with Gasteiger partial charge in [0.25, 0.3) is 0 Å². The van der Waals surface area contributed by atoms with Gasteiger partial charge in [-0.05, 0) is 36.6 Å². The Morgan fingerprint density at radius 2 is 1.90 bits per heavy atom. The Morgan fingerprint density at radius 3 is 2.38 bits per heavy atom. The highest BCUT2D eigenvalue weighted by molar-refractivity contribution is 5.94. The zero-order chi connectivity index (χ0) is 15.8. The van der Waals surface area contributed by atoms with E-state index in [1.807, 2.05) is 31.2 Å². The predicted molar refractivity (Wildman–Crippen MR) is 81.0 cm³/mol. The van der Waals surface area contributed by atoms with E-state index in [4.69, 9.17) is 9.84 Å². The van der Waals surface area contributed by atoms with Crippen LogP contribution < -0.4 is 10.1 Å². The van der Waals surface area contributed by atoms with Crippen molar-refractivity contribution in [1.82, 2.24) is 5.32 Å². The first-order valence-corrected chi connectivity index (χ1v) is 6.88. The Kier molecular flexibility index (Phi) is 6.46. The first-order chi connectivity index (χ1) is 9.93. The van der Waals surface area contributed by atoms with E-state index in [1.54, 1.807) is 19.9 Å². The molecule has 0 aromatic heterocycles. The van der Waals surface area contributed by atoms with Gasteiger partial charge in [0, 0.05) is 6.08 Å². The fraction of sp³-hybridized carbons (Fsp3) is 0.375. The first kappa shape index (κ1) is 16.8. The second-order valence-electron chi connectivity index (χ2n) is 4.90. The van der Waals surface area contributed by atoms with Crippen LogP contribution in [0.4, 0.5) is 0 Å². The van der Waals surface area contributed by atoms with Crippen LogP contribution in [0.15, 0.2) is 30.3 Å². The number of hydrogen-bond donors (Lipinski definition) is 2. The topological polar surface area (TPSA) is 75.6 Å². The number of carbonyl (C=O) groups is 2. The summed E-state index contributed by atoms with van der Waals surface area (Å²) < 4.78 is 5.32. The molecule has 0 bridgehead atoms. The minimum absolute atomic E-state index is 0.176. The lowest BCUT2D eigenvalue weighted by atomic mass is 10.0. The van der Waals surface area contributed by atoms with Crippen molar-refractivity contribution < 1.29 is 19.4 Å². The third-order valence-corrected chi connectivity index (χ3v) is 2.85. The molecule has 1 amide bonds. The van der Waals surface area contributed by atoms with Gasteiger partial charge < -0.3 is 15.2 Å². The predicted octanol–water partition coefficient (Wildman–Crippen LogP) is 2.32. The Hall–Kier alpha value is -2.30. The van der Waals surface area contributed by atoms with Crippen LogP contribution in [0.25, 0.3) is 6.08 Å². The summed E-state index contributed by atoms with van der Waals surface area (Å²) in [5.74, 6) is -0.868. The molecule has 21 heavy (non-hydrogen) atoms. The SMILES string of the molecule is CCOc1ccc(/C=C/C(=O)NC(C(=O)O)C(C)C)cc1. The molecule has 0 fully saturated rings. The van der Waals surface area contributed by atoms with E-state index in [9.17, 15) is 9.59 Å². The van der Waals surface area contributed by atoms with E-state index >= 15 is 0 Å². The Bertz CT molecular complexity index is 506. The maximum atomic E-state index is 11.7. The van der Waals surface area contributed by atoms with Crippen molar-refractivity contribution in [2.45, 2.75) is 26.8 Å². The number of rotatable bonds is 7. The minimum Gasteiger partial charge on any atom is -0.494 e. The standard InChI is InChI=1S/C16H21NO4/c1-4-21-13-8-5-12(6-9-13)7-10-14(18)17-15(11(2)3)16(19)20/h5-11,15H,4H2,1-3H3,(H,17,18)(H,19,20)/b10-7+. The summed E-state index contributed by atoms with van der Waals surface area (Å²) in [5.41, 5.74) is 0.838.